The van der Waals surface area contributed by atoms with Gasteiger partial charge in [0.15, 0.2) is 0 Å². The molecular weight excluding hydrogens is 570 g/mol. The molecule has 2 aliphatic carbocycles. The molecule has 0 bridgehead atoms. The van der Waals surface area contributed by atoms with Gasteiger partial charge in [0.05, 0.1) is 20.2 Å². The van der Waals surface area contributed by atoms with E-state index in [-0.39, 0.29) is 39.9 Å². The Bertz CT molecular complexity index is 1280. The van der Waals surface area contributed by atoms with E-state index in [2.05, 4.69) is 16.9 Å². The predicted molar refractivity (Wildman–Crippen MR) is 149 cm³/mol. The van der Waals surface area contributed by atoms with Gasteiger partial charge in [0, 0.05) is 10.8 Å². The van der Waals surface area contributed by atoms with Crippen LogP contribution in [0.1, 0.15) is 11.4 Å². The van der Waals surface area contributed by atoms with Crippen molar-refractivity contribution in [1.29, 1.82) is 0 Å². The van der Waals surface area contributed by atoms with E-state index in [9.17, 15) is 9.59 Å². The fourth-order valence-corrected chi connectivity index (χ4v) is 9.21. The number of thioether (sulfide) groups is 4. The van der Waals surface area contributed by atoms with Gasteiger partial charge in [-0.05, 0) is 86.8 Å². The molecule has 5 aliphatic rings. The number of hydrogen-bond donors (Lipinski definition) is 0. The zero-order chi connectivity index (χ0) is 23.8. The van der Waals surface area contributed by atoms with E-state index in [0.717, 1.165) is 10.8 Å². The third kappa shape index (κ3) is 5.06. The number of hydrogen-bond acceptors (Lipinski definition) is 6. The maximum atomic E-state index is 13.5. The van der Waals surface area contributed by atoms with Gasteiger partial charge in [-0.25, -0.2) is 23.5 Å². The number of nitrogens with zero attached hydrogens (tertiary/aromatic N) is 3. The van der Waals surface area contributed by atoms with Crippen molar-refractivity contribution in [1.82, 2.24) is 13.9 Å². The Morgan fingerprint density at radius 2 is 1.33 bits per heavy atom. The predicted octanol–water partition coefficient (Wildman–Crippen LogP) is 5.72. The smallest absolute Gasteiger partial charge is 0.245 e. The first kappa shape index (κ1) is 26.7. The topological polar surface area (TPSA) is 48.9 Å². The molecule has 0 spiro atoms. The number of fused-ring (bicyclic) bond motifs is 3. The summed E-state index contributed by atoms with van der Waals surface area (Å²) in [6, 6.07) is 8.83. The number of benzene rings is 1. The Morgan fingerprint density at radius 1 is 0.722 bits per heavy atom. The van der Waals surface area contributed by atoms with Gasteiger partial charge in [-0.3, -0.25) is 0 Å². The van der Waals surface area contributed by atoms with Crippen molar-refractivity contribution in [3.05, 3.63) is 145 Å². The Balaban J connectivity index is 0.000000400. The van der Waals surface area contributed by atoms with Crippen molar-refractivity contribution >= 4 is 47.0 Å². The Labute approximate surface area is 239 Å². The van der Waals surface area contributed by atoms with E-state index >= 15 is 0 Å². The normalized spacial score (nSPS) is 24.7. The largest absolute Gasteiger partial charge is 2.00 e. The summed E-state index contributed by atoms with van der Waals surface area (Å²) in [5.74, 6) is 1.000. The minimum absolute atomic E-state index is 0. The summed E-state index contributed by atoms with van der Waals surface area (Å²) in [7, 11) is 0. The SMILES string of the molecule is O=c1n(-c2ccccc2)c(=O)n2n1[C@@H]([C]1[CH][CH][CH][CH]1)C=C1SC(=C3SC=CS3)S[C@H]12.[CH]1[CH][CH][CH][CH]1.[Fe+2]. The molecule has 36 heavy (non-hydrogen) atoms. The van der Waals surface area contributed by atoms with E-state index in [1.807, 2.05) is 76.0 Å². The van der Waals surface area contributed by atoms with Gasteiger partial charge in [-0.15, -0.1) is 0 Å². The second-order valence-corrected chi connectivity index (χ2v) is 12.3. The van der Waals surface area contributed by atoms with Crippen LogP contribution in [0.15, 0.2) is 70.2 Å². The molecule has 3 aliphatic heterocycles. The molecule has 0 unspecified atom stereocenters. The molecule has 1 aromatic carbocycles. The molecule has 10 heteroatoms. The van der Waals surface area contributed by atoms with E-state index in [0.29, 0.717) is 5.69 Å². The van der Waals surface area contributed by atoms with E-state index < -0.39 is 0 Å². The molecule has 2 atom stereocenters. The van der Waals surface area contributed by atoms with Crippen LogP contribution >= 0.6 is 47.0 Å². The minimum atomic E-state index is -0.314. The molecule has 0 N–H and O–H groups in total. The quantitative estimate of drug-likeness (QED) is 0.418. The maximum absolute atomic E-state index is 13.5. The molecule has 180 valence electrons. The molecule has 3 fully saturated rings. The maximum Gasteiger partial charge on any atom is 2.00 e. The van der Waals surface area contributed by atoms with Gasteiger partial charge in [-0.2, -0.15) is 0 Å². The number of rotatable bonds is 2. The van der Waals surface area contributed by atoms with Gasteiger partial charge in [-0.1, -0.05) is 65.2 Å². The monoisotopic (exact) mass is 589 g/mol. The zero-order valence-corrected chi connectivity index (χ0v) is 23.0. The van der Waals surface area contributed by atoms with Crippen molar-refractivity contribution in [2.45, 2.75) is 11.4 Å². The Kier molecular flexibility index (Phi) is 8.80. The van der Waals surface area contributed by atoms with Gasteiger partial charge >= 0.3 is 28.4 Å². The molecular formula is C26H19FeN3O2S4+2. The summed E-state index contributed by atoms with van der Waals surface area (Å²) in [4.78, 5) is 28.1. The molecule has 10 radical (unpaired) electrons. The van der Waals surface area contributed by atoms with Crippen LogP contribution in [0.4, 0.5) is 0 Å². The van der Waals surface area contributed by atoms with Crippen molar-refractivity contribution in [3.63, 3.8) is 0 Å². The molecule has 5 nitrogen and oxygen atoms in total. The van der Waals surface area contributed by atoms with Crippen molar-refractivity contribution < 1.29 is 17.1 Å². The molecule has 1 aromatic heterocycles. The van der Waals surface area contributed by atoms with Crippen LogP contribution in [0.5, 0.6) is 0 Å². The third-order valence-corrected chi connectivity index (χ3v) is 11.1. The summed E-state index contributed by atoms with van der Waals surface area (Å²) in [5, 5.41) is 3.92. The van der Waals surface area contributed by atoms with Crippen molar-refractivity contribution in [3.8, 4) is 5.69 Å². The standard InChI is InChI=1S/C21H14N3O2S4.C5H5.Fe/c25-20-22(14-8-2-1-3-9-14)21(26)24-17-16(29-19(30-17)18-27-10-11-28-18)12-15(23(20)24)13-6-4-5-7-13;1-2-4-5-3-1;/h1-12,15,17H;1-5H;/q;;+2/t15-,17-;;/m1../s1. The molecule has 2 saturated carbocycles. The van der Waals surface area contributed by atoms with Crippen molar-refractivity contribution in [2.75, 3.05) is 0 Å². The molecule has 4 heterocycles. The third-order valence-electron chi connectivity index (χ3n) is 5.66. The van der Waals surface area contributed by atoms with Crippen LogP contribution in [0.25, 0.3) is 5.69 Å². The van der Waals surface area contributed by atoms with Gasteiger partial charge < -0.3 is 0 Å². The van der Waals surface area contributed by atoms with Crippen LogP contribution in [0.3, 0.4) is 0 Å². The van der Waals surface area contributed by atoms with Gasteiger partial charge in [0.2, 0.25) is 0 Å². The van der Waals surface area contributed by atoms with Crippen LogP contribution in [0.2, 0.25) is 0 Å². The van der Waals surface area contributed by atoms with E-state index in [4.69, 9.17) is 0 Å². The van der Waals surface area contributed by atoms with Gasteiger partial charge in [0.25, 0.3) is 0 Å². The van der Waals surface area contributed by atoms with Crippen LogP contribution in [0, 0.1) is 63.7 Å². The Morgan fingerprint density at radius 3 is 1.97 bits per heavy atom. The van der Waals surface area contributed by atoms with Crippen LogP contribution in [-0.4, -0.2) is 13.9 Å². The summed E-state index contributed by atoms with van der Waals surface area (Å²) >= 11 is 6.77. The zero-order valence-electron chi connectivity index (χ0n) is 18.6. The molecule has 1 saturated heterocycles. The average molecular weight is 590 g/mol. The summed E-state index contributed by atoms with van der Waals surface area (Å²) in [5.41, 5.74) is -0.0294. The molecule has 2 aromatic rings. The minimum Gasteiger partial charge on any atom is -0.245 e. The number of aromatic nitrogens is 3. The summed E-state index contributed by atoms with van der Waals surface area (Å²) in [6.07, 6.45) is 20.1. The first-order valence-corrected chi connectivity index (χ1v) is 14.4. The first-order chi connectivity index (χ1) is 17.2. The first-order valence-electron chi connectivity index (χ1n) is 10.9. The fourth-order valence-electron chi connectivity index (χ4n) is 4.13. The summed E-state index contributed by atoms with van der Waals surface area (Å²) < 4.78 is 6.96. The van der Waals surface area contributed by atoms with Crippen LogP contribution in [-0.2, 0) is 17.1 Å². The Hall–Kier alpha value is -0.901. The van der Waals surface area contributed by atoms with E-state index in [1.54, 1.807) is 68.5 Å². The van der Waals surface area contributed by atoms with Crippen molar-refractivity contribution in [2.24, 2.45) is 0 Å². The average Bonchev–Trinajstić information content (AvgIpc) is 3.71. The van der Waals surface area contributed by atoms with E-state index in [1.165, 1.54) is 13.0 Å². The van der Waals surface area contributed by atoms with Gasteiger partial charge in [0.1, 0.15) is 5.37 Å². The number of para-hydroxylation sites is 1. The van der Waals surface area contributed by atoms with Crippen LogP contribution < -0.4 is 11.4 Å². The number of allylic oxidation sites excluding steroid dienone is 1. The fraction of sp³-hybridized carbons (Fsp3) is 0.0769. The summed E-state index contributed by atoms with van der Waals surface area (Å²) in [6.45, 7) is 0. The second-order valence-electron chi connectivity index (χ2n) is 7.77. The molecule has 0 amide bonds. The molecule has 7 rings (SSSR count). The second kappa shape index (κ2) is 11.9.